The number of imide groups is 2. The molecule has 0 aliphatic carbocycles. The highest BCUT2D eigenvalue weighted by Gasteiger charge is 2.40. The number of halogens is 1. The third kappa shape index (κ3) is 3.27. The molecule has 0 radical (unpaired) electrons. The van der Waals surface area contributed by atoms with E-state index >= 15 is 0 Å². The number of amidine groups is 1. The predicted molar refractivity (Wildman–Crippen MR) is 107 cm³/mol. The van der Waals surface area contributed by atoms with E-state index in [1.807, 2.05) is 0 Å². The number of aliphatic imine (C=N–C) groups is 1. The van der Waals surface area contributed by atoms with Gasteiger partial charge in [0.2, 0.25) is 5.91 Å². The fraction of sp³-hybridized carbons (Fsp3) is 0.105. The molecule has 2 aromatic carbocycles. The van der Waals surface area contributed by atoms with Gasteiger partial charge in [-0.3, -0.25) is 24.1 Å². The van der Waals surface area contributed by atoms with Crippen LogP contribution >= 0.6 is 27.7 Å². The van der Waals surface area contributed by atoms with Crippen molar-refractivity contribution in [3.05, 3.63) is 64.1 Å². The fourth-order valence-corrected chi connectivity index (χ4v) is 4.05. The highest BCUT2D eigenvalue weighted by molar-refractivity contribution is 9.10. The summed E-state index contributed by atoms with van der Waals surface area (Å²) >= 11 is 4.47. The van der Waals surface area contributed by atoms with Crippen molar-refractivity contribution in [1.82, 2.24) is 9.80 Å². The summed E-state index contributed by atoms with van der Waals surface area (Å²) in [5.41, 5.74) is 1.09. The van der Waals surface area contributed by atoms with Crippen molar-refractivity contribution in [2.45, 2.75) is 0 Å². The monoisotopic (exact) mass is 457 g/mol. The first-order chi connectivity index (χ1) is 13.5. The molecule has 140 valence electrons. The van der Waals surface area contributed by atoms with Crippen LogP contribution in [0.15, 0.2) is 58.0 Å². The Morgan fingerprint density at radius 2 is 1.61 bits per heavy atom. The van der Waals surface area contributed by atoms with Gasteiger partial charge in [-0.05, 0) is 36.4 Å². The number of amides is 4. The second kappa shape index (κ2) is 7.33. The molecule has 2 aromatic rings. The SMILES string of the molecule is O=C1c2ccccc2C(=O)N1CC(=O)N1C(=O)CSC1=Nc1ccc(Br)cc1. The predicted octanol–water partition coefficient (Wildman–Crippen LogP) is 2.83. The van der Waals surface area contributed by atoms with E-state index < -0.39 is 30.2 Å². The van der Waals surface area contributed by atoms with Crippen LogP contribution < -0.4 is 0 Å². The Morgan fingerprint density at radius 3 is 2.21 bits per heavy atom. The molecule has 0 aromatic heterocycles. The third-order valence-corrected chi connectivity index (χ3v) is 5.69. The average molecular weight is 458 g/mol. The van der Waals surface area contributed by atoms with Gasteiger partial charge < -0.3 is 0 Å². The first-order valence-corrected chi connectivity index (χ1v) is 10.0. The molecule has 1 fully saturated rings. The number of hydrogen-bond donors (Lipinski definition) is 0. The lowest BCUT2D eigenvalue weighted by Crippen LogP contribution is -2.45. The maximum atomic E-state index is 12.8. The van der Waals surface area contributed by atoms with E-state index in [0.29, 0.717) is 5.69 Å². The Labute approximate surface area is 172 Å². The maximum Gasteiger partial charge on any atom is 0.262 e. The number of nitrogens with zero attached hydrogens (tertiary/aromatic N) is 3. The minimum Gasteiger partial charge on any atom is -0.273 e. The normalized spacial score (nSPS) is 17.6. The molecule has 2 heterocycles. The Kier molecular flexibility index (Phi) is 4.86. The molecule has 28 heavy (non-hydrogen) atoms. The molecule has 2 aliphatic heterocycles. The van der Waals surface area contributed by atoms with Gasteiger partial charge in [0, 0.05) is 4.47 Å². The number of fused-ring (bicyclic) bond motifs is 1. The summed E-state index contributed by atoms with van der Waals surface area (Å²) in [7, 11) is 0. The lowest BCUT2D eigenvalue weighted by molar-refractivity contribution is -0.137. The Morgan fingerprint density at radius 1 is 1.00 bits per heavy atom. The standard InChI is InChI=1S/C19H12BrN3O4S/c20-11-5-7-12(8-6-11)21-19-23(16(25)10-28-19)15(24)9-22-17(26)13-3-1-2-4-14(13)18(22)27/h1-8H,9-10H2. The zero-order valence-corrected chi connectivity index (χ0v) is 16.7. The molecule has 0 atom stereocenters. The summed E-state index contributed by atoms with van der Waals surface area (Å²) in [6.07, 6.45) is 0. The van der Waals surface area contributed by atoms with Crippen molar-refractivity contribution in [2.75, 3.05) is 12.3 Å². The number of thioether (sulfide) groups is 1. The largest absolute Gasteiger partial charge is 0.273 e. The number of benzene rings is 2. The van der Waals surface area contributed by atoms with E-state index in [-0.39, 0.29) is 22.0 Å². The molecule has 0 saturated carbocycles. The number of hydrogen-bond acceptors (Lipinski definition) is 6. The second-order valence-corrected chi connectivity index (χ2v) is 7.88. The smallest absolute Gasteiger partial charge is 0.262 e. The third-order valence-electron chi connectivity index (χ3n) is 4.24. The molecule has 4 amide bonds. The van der Waals surface area contributed by atoms with Gasteiger partial charge in [0.1, 0.15) is 6.54 Å². The molecule has 0 N–H and O–H groups in total. The molecule has 0 unspecified atom stereocenters. The maximum absolute atomic E-state index is 12.8. The molecule has 7 nitrogen and oxygen atoms in total. The van der Waals surface area contributed by atoms with Crippen LogP contribution in [-0.2, 0) is 9.59 Å². The summed E-state index contributed by atoms with van der Waals surface area (Å²) in [6.45, 7) is -0.516. The number of carbonyl (C=O) groups is 4. The minimum atomic E-state index is -0.666. The topological polar surface area (TPSA) is 87.1 Å². The van der Waals surface area contributed by atoms with Crippen molar-refractivity contribution >= 4 is 62.2 Å². The van der Waals surface area contributed by atoms with Gasteiger partial charge >= 0.3 is 0 Å². The molecule has 9 heteroatoms. The molecular weight excluding hydrogens is 446 g/mol. The van der Waals surface area contributed by atoms with Crippen LogP contribution in [0.25, 0.3) is 0 Å². The summed E-state index contributed by atoms with van der Waals surface area (Å²) in [6, 6.07) is 13.5. The summed E-state index contributed by atoms with van der Waals surface area (Å²) in [5.74, 6) is -2.11. The zero-order valence-electron chi connectivity index (χ0n) is 14.3. The molecular formula is C19H12BrN3O4S. The molecule has 0 bridgehead atoms. The van der Waals surface area contributed by atoms with Gasteiger partial charge in [-0.15, -0.1) is 0 Å². The molecule has 2 aliphatic rings. The minimum absolute atomic E-state index is 0.0726. The number of carbonyl (C=O) groups excluding carboxylic acids is 4. The van der Waals surface area contributed by atoms with Crippen LogP contribution in [0.5, 0.6) is 0 Å². The lowest BCUT2D eigenvalue weighted by atomic mass is 10.1. The zero-order chi connectivity index (χ0) is 19.8. The van der Waals surface area contributed by atoms with Gasteiger partial charge in [-0.1, -0.05) is 39.8 Å². The molecule has 1 saturated heterocycles. The van der Waals surface area contributed by atoms with E-state index in [1.165, 1.54) is 12.1 Å². The van der Waals surface area contributed by atoms with Gasteiger partial charge in [-0.2, -0.15) is 0 Å². The summed E-state index contributed by atoms with van der Waals surface area (Å²) in [5, 5.41) is 0.230. The molecule has 4 rings (SSSR count). The second-order valence-electron chi connectivity index (χ2n) is 6.02. The van der Waals surface area contributed by atoms with Crippen LogP contribution in [-0.4, -0.2) is 50.9 Å². The Hall–Kier alpha value is -2.78. The summed E-state index contributed by atoms with van der Waals surface area (Å²) < 4.78 is 0.880. The highest BCUT2D eigenvalue weighted by atomic mass is 79.9. The fourth-order valence-electron chi connectivity index (χ4n) is 2.90. The van der Waals surface area contributed by atoms with E-state index in [4.69, 9.17) is 0 Å². The van der Waals surface area contributed by atoms with E-state index in [9.17, 15) is 19.2 Å². The van der Waals surface area contributed by atoms with Crippen LogP contribution in [0.3, 0.4) is 0 Å². The van der Waals surface area contributed by atoms with Crippen LogP contribution in [0.4, 0.5) is 5.69 Å². The van der Waals surface area contributed by atoms with Crippen molar-refractivity contribution < 1.29 is 19.2 Å². The average Bonchev–Trinajstić information content (AvgIpc) is 3.17. The highest BCUT2D eigenvalue weighted by Crippen LogP contribution is 2.27. The molecule has 0 spiro atoms. The van der Waals surface area contributed by atoms with Crippen molar-refractivity contribution in [3.63, 3.8) is 0 Å². The van der Waals surface area contributed by atoms with Crippen molar-refractivity contribution in [1.29, 1.82) is 0 Å². The van der Waals surface area contributed by atoms with E-state index in [1.54, 1.807) is 36.4 Å². The van der Waals surface area contributed by atoms with E-state index in [0.717, 1.165) is 26.0 Å². The lowest BCUT2D eigenvalue weighted by Gasteiger charge is -2.18. The van der Waals surface area contributed by atoms with Gasteiger partial charge in [0.15, 0.2) is 5.17 Å². The van der Waals surface area contributed by atoms with Gasteiger partial charge in [-0.25, -0.2) is 9.89 Å². The number of rotatable bonds is 3. The summed E-state index contributed by atoms with van der Waals surface area (Å²) in [4.78, 5) is 56.1. The van der Waals surface area contributed by atoms with Gasteiger partial charge in [0.25, 0.3) is 17.7 Å². The Balaban J connectivity index is 1.57. The quantitative estimate of drug-likeness (QED) is 0.661. The first kappa shape index (κ1) is 18.6. The van der Waals surface area contributed by atoms with E-state index in [2.05, 4.69) is 20.9 Å². The Bertz CT molecular complexity index is 1020. The van der Waals surface area contributed by atoms with Crippen molar-refractivity contribution in [3.8, 4) is 0 Å². The van der Waals surface area contributed by atoms with Crippen LogP contribution in [0.1, 0.15) is 20.7 Å². The van der Waals surface area contributed by atoms with Crippen molar-refractivity contribution in [2.24, 2.45) is 4.99 Å². The van der Waals surface area contributed by atoms with Crippen LogP contribution in [0, 0.1) is 0 Å². The van der Waals surface area contributed by atoms with Gasteiger partial charge in [0.05, 0.1) is 22.6 Å². The first-order valence-electron chi connectivity index (χ1n) is 8.24. The van der Waals surface area contributed by atoms with Crippen LogP contribution in [0.2, 0.25) is 0 Å².